The van der Waals surface area contributed by atoms with Crippen LogP contribution in [-0.4, -0.2) is 24.6 Å². The summed E-state index contributed by atoms with van der Waals surface area (Å²) in [5.74, 6) is 0.641. The summed E-state index contributed by atoms with van der Waals surface area (Å²) in [5.41, 5.74) is 5.60. The van der Waals surface area contributed by atoms with Crippen LogP contribution in [0.25, 0.3) is 0 Å². The minimum absolute atomic E-state index is 0.327. The van der Waals surface area contributed by atoms with Gasteiger partial charge < -0.3 is 10.6 Å². The molecule has 17 heavy (non-hydrogen) atoms. The number of halogens is 1. The number of nitriles is 1. The van der Waals surface area contributed by atoms with Crippen LogP contribution in [0.3, 0.4) is 0 Å². The Morgan fingerprint density at radius 1 is 1.65 bits per heavy atom. The van der Waals surface area contributed by atoms with Gasteiger partial charge in [0.2, 0.25) is 0 Å². The summed E-state index contributed by atoms with van der Waals surface area (Å²) in [5, 5.41) is 10.1. The van der Waals surface area contributed by atoms with Gasteiger partial charge in [0.25, 0.3) is 0 Å². The minimum atomic E-state index is 0.327. The summed E-state index contributed by atoms with van der Waals surface area (Å²) in [4.78, 5) is 6.98. The molecule has 1 aliphatic heterocycles. The monoisotopic (exact) mass is 270 g/mol. The Morgan fingerprint density at radius 3 is 3.12 bits per heavy atom. The molecule has 0 aromatic carbocycles. The van der Waals surface area contributed by atoms with Gasteiger partial charge in [-0.25, -0.2) is 4.98 Å². The first-order valence-electron chi connectivity index (χ1n) is 5.76. The number of hydrogen-bond donors (Lipinski definition) is 1. The molecule has 0 amide bonds. The van der Waals surface area contributed by atoms with Gasteiger partial charge in [-0.1, -0.05) is 22.9 Å². The van der Waals surface area contributed by atoms with E-state index in [4.69, 9.17) is 22.6 Å². The summed E-state index contributed by atoms with van der Waals surface area (Å²) in [6.45, 7) is 2.71. The average Bonchev–Trinajstić information content (AvgIpc) is 2.71. The van der Waals surface area contributed by atoms with Crippen LogP contribution in [0.1, 0.15) is 24.1 Å². The summed E-state index contributed by atoms with van der Waals surface area (Å²) in [6.07, 6.45) is 3.45. The number of nitrogens with zero attached hydrogens (tertiary/aromatic N) is 3. The Bertz CT molecular complexity index is 424. The van der Waals surface area contributed by atoms with Crippen molar-refractivity contribution in [2.24, 2.45) is 11.7 Å². The van der Waals surface area contributed by atoms with E-state index in [-0.39, 0.29) is 0 Å². The van der Waals surface area contributed by atoms with Gasteiger partial charge in [0.05, 0.1) is 0 Å². The second-order valence-corrected chi connectivity index (χ2v) is 5.60. The number of piperidine rings is 1. The van der Waals surface area contributed by atoms with Crippen molar-refractivity contribution in [3.63, 3.8) is 0 Å². The van der Waals surface area contributed by atoms with Gasteiger partial charge in [-0.3, -0.25) is 0 Å². The summed E-state index contributed by atoms with van der Waals surface area (Å²) in [7, 11) is 0. The SMILES string of the molecule is N#Cc1sc(N2CCCC(CCN)C2)nc1Cl. The zero-order valence-electron chi connectivity index (χ0n) is 9.53. The predicted molar refractivity (Wildman–Crippen MR) is 70.4 cm³/mol. The van der Waals surface area contributed by atoms with Crippen molar-refractivity contribution >= 4 is 28.1 Å². The van der Waals surface area contributed by atoms with E-state index in [2.05, 4.69) is 16.0 Å². The smallest absolute Gasteiger partial charge is 0.188 e. The summed E-state index contributed by atoms with van der Waals surface area (Å²) in [6, 6.07) is 2.07. The molecule has 0 radical (unpaired) electrons. The lowest BCUT2D eigenvalue weighted by Gasteiger charge is -2.32. The lowest BCUT2D eigenvalue weighted by Crippen LogP contribution is -2.36. The van der Waals surface area contributed by atoms with Gasteiger partial charge in [-0.05, 0) is 31.7 Å². The van der Waals surface area contributed by atoms with E-state index in [0.29, 0.717) is 15.9 Å². The molecular formula is C11H15ClN4S. The fourth-order valence-electron chi connectivity index (χ4n) is 2.21. The maximum Gasteiger partial charge on any atom is 0.188 e. The van der Waals surface area contributed by atoms with Gasteiger partial charge in [0.15, 0.2) is 10.3 Å². The van der Waals surface area contributed by atoms with E-state index < -0.39 is 0 Å². The molecule has 0 aliphatic carbocycles. The fraction of sp³-hybridized carbons (Fsp3) is 0.636. The molecule has 1 saturated heterocycles. The molecule has 0 bridgehead atoms. The van der Waals surface area contributed by atoms with Crippen molar-refractivity contribution in [2.45, 2.75) is 19.3 Å². The lowest BCUT2D eigenvalue weighted by molar-refractivity contribution is 0.396. The highest BCUT2D eigenvalue weighted by atomic mass is 35.5. The Labute approximate surface area is 110 Å². The van der Waals surface area contributed by atoms with E-state index in [1.54, 1.807) is 0 Å². The lowest BCUT2D eigenvalue weighted by atomic mass is 9.95. The van der Waals surface area contributed by atoms with E-state index in [1.165, 1.54) is 17.8 Å². The first-order chi connectivity index (χ1) is 8.24. The molecule has 4 nitrogen and oxygen atoms in total. The molecule has 1 aromatic heterocycles. The van der Waals surface area contributed by atoms with Gasteiger partial charge in [0, 0.05) is 13.1 Å². The summed E-state index contributed by atoms with van der Waals surface area (Å²) < 4.78 is 0. The second-order valence-electron chi connectivity index (χ2n) is 4.26. The standard InChI is InChI=1S/C11H15ClN4S/c12-10-9(6-14)17-11(15-10)16-5-1-2-8(7-16)3-4-13/h8H,1-5,7,13H2. The molecule has 2 rings (SSSR count). The topological polar surface area (TPSA) is 65.9 Å². The Morgan fingerprint density at radius 2 is 2.47 bits per heavy atom. The van der Waals surface area contributed by atoms with Crippen molar-refractivity contribution in [2.75, 3.05) is 24.5 Å². The van der Waals surface area contributed by atoms with E-state index in [9.17, 15) is 0 Å². The number of thiazole rings is 1. The fourth-order valence-corrected chi connectivity index (χ4v) is 3.28. The predicted octanol–water partition coefficient (Wildman–Crippen LogP) is 2.23. The molecular weight excluding hydrogens is 256 g/mol. The number of hydrogen-bond acceptors (Lipinski definition) is 5. The maximum atomic E-state index is 8.87. The third-order valence-corrected chi connectivity index (χ3v) is 4.45. The number of rotatable bonds is 3. The van der Waals surface area contributed by atoms with Gasteiger partial charge in [0.1, 0.15) is 10.9 Å². The highest BCUT2D eigenvalue weighted by Gasteiger charge is 2.22. The van der Waals surface area contributed by atoms with Gasteiger partial charge >= 0.3 is 0 Å². The molecule has 0 saturated carbocycles. The van der Waals surface area contributed by atoms with Crippen LogP contribution in [0.5, 0.6) is 0 Å². The minimum Gasteiger partial charge on any atom is -0.348 e. The van der Waals surface area contributed by atoms with Crippen molar-refractivity contribution in [3.05, 3.63) is 10.0 Å². The highest BCUT2D eigenvalue weighted by Crippen LogP contribution is 2.32. The second kappa shape index (κ2) is 5.67. The molecule has 1 aliphatic rings. The average molecular weight is 271 g/mol. The van der Waals surface area contributed by atoms with Crippen LogP contribution in [0, 0.1) is 17.2 Å². The molecule has 1 atom stereocenters. The maximum absolute atomic E-state index is 8.87. The Kier molecular flexibility index (Phi) is 4.21. The van der Waals surface area contributed by atoms with Gasteiger partial charge in [-0.2, -0.15) is 5.26 Å². The van der Waals surface area contributed by atoms with Crippen LogP contribution >= 0.6 is 22.9 Å². The van der Waals surface area contributed by atoms with Crippen LogP contribution in [0.4, 0.5) is 5.13 Å². The molecule has 2 heterocycles. The molecule has 2 N–H and O–H groups in total. The van der Waals surface area contributed by atoms with E-state index >= 15 is 0 Å². The largest absolute Gasteiger partial charge is 0.348 e. The molecule has 1 aromatic rings. The third kappa shape index (κ3) is 2.89. The molecule has 1 unspecified atom stereocenters. The zero-order valence-corrected chi connectivity index (χ0v) is 11.1. The Balaban J connectivity index is 2.08. The quantitative estimate of drug-likeness (QED) is 0.915. The number of aromatic nitrogens is 1. The van der Waals surface area contributed by atoms with Crippen LogP contribution in [-0.2, 0) is 0 Å². The number of anilines is 1. The molecule has 0 spiro atoms. The Hall–Kier alpha value is -0.830. The zero-order chi connectivity index (χ0) is 12.3. The van der Waals surface area contributed by atoms with Crippen molar-refractivity contribution in [3.8, 4) is 6.07 Å². The van der Waals surface area contributed by atoms with Crippen molar-refractivity contribution in [1.29, 1.82) is 5.26 Å². The third-order valence-electron chi connectivity index (χ3n) is 3.04. The highest BCUT2D eigenvalue weighted by molar-refractivity contribution is 7.16. The van der Waals surface area contributed by atoms with Crippen LogP contribution in [0.15, 0.2) is 0 Å². The van der Waals surface area contributed by atoms with Crippen LogP contribution < -0.4 is 10.6 Å². The van der Waals surface area contributed by atoms with Crippen molar-refractivity contribution < 1.29 is 0 Å². The first kappa shape index (κ1) is 12.6. The van der Waals surface area contributed by atoms with Crippen molar-refractivity contribution in [1.82, 2.24) is 4.98 Å². The normalized spacial score (nSPS) is 20.3. The first-order valence-corrected chi connectivity index (χ1v) is 6.95. The van der Waals surface area contributed by atoms with E-state index in [0.717, 1.165) is 37.6 Å². The molecule has 6 heteroatoms. The molecule has 1 fully saturated rings. The number of nitrogens with two attached hydrogens (primary N) is 1. The molecule has 92 valence electrons. The summed E-state index contributed by atoms with van der Waals surface area (Å²) >= 11 is 7.27. The van der Waals surface area contributed by atoms with E-state index in [1.807, 2.05) is 0 Å². The van der Waals surface area contributed by atoms with Gasteiger partial charge in [-0.15, -0.1) is 0 Å². The van der Waals surface area contributed by atoms with Crippen LogP contribution in [0.2, 0.25) is 5.15 Å².